The minimum absolute atomic E-state index is 0. The molecule has 3 nitrogen and oxygen atoms in total. The van der Waals surface area contributed by atoms with E-state index in [1.54, 1.807) is 12.3 Å². The van der Waals surface area contributed by atoms with Crippen molar-refractivity contribution in [3.8, 4) is 44.8 Å². The number of aryl methyl sites for hydroxylation is 1. The second-order valence-corrected chi connectivity index (χ2v) is 27.5. The Morgan fingerprint density at radius 1 is 0.719 bits per heavy atom. The van der Waals surface area contributed by atoms with Crippen LogP contribution in [0.5, 0.6) is 0 Å². The van der Waals surface area contributed by atoms with Crippen LogP contribution in [0.15, 0.2) is 138 Å². The second kappa shape index (κ2) is 17.5. The van der Waals surface area contributed by atoms with Crippen molar-refractivity contribution in [3.63, 3.8) is 0 Å². The van der Waals surface area contributed by atoms with Crippen LogP contribution >= 0.6 is 0 Å². The van der Waals surface area contributed by atoms with Gasteiger partial charge in [0.1, 0.15) is 5.58 Å². The van der Waals surface area contributed by atoms with Crippen LogP contribution in [0.2, 0.25) is 17.3 Å². The van der Waals surface area contributed by atoms with Gasteiger partial charge in [-0.2, -0.15) is 0 Å². The molecule has 0 saturated heterocycles. The first kappa shape index (κ1) is 39.2. The monoisotopic (exact) mass is 989 g/mol. The maximum atomic E-state index is 8.72. The van der Waals surface area contributed by atoms with Crippen LogP contribution in [0, 0.1) is 24.5 Å². The Balaban J connectivity index is 0.000000212. The molecule has 8 aromatic rings. The third-order valence-corrected chi connectivity index (χ3v) is 14.4. The molecular formula is C52H52GeIrN2O-2. The first-order valence-electron chi connectivity index (χ1n) is 20.5. The molecule has 5 heteroatoms. The normalized spacial score (nSPS) is 12.5. The van der Waals surface area contributed by atoms with E-state index in [1.807, 2.05) is 57.2 Å². The first-order chi connectivity index (χ1) is 27.5. The van der Waals surface area contributed by atoms with Crippen molar-refractivity contribution >= 4 is 39.6 Å². The first-order valence-corrected chi connectivity index (χ1v) is 26.9. The van der Waals surface area contributed by atoms with Gasteiger partial charge in [-0.25, -0.2) is 0 Å². The van der Waals surface area contributed by atoms with Gasteiger partial charge in [-0.3, -0.25) is 0 Å². The molecule has 0 aliphatic heterocycles. The van der Waals surface area contributed by atoms with Gasteiger partial charge in [-0.1, -0.05) is 99.7 Å². The minimum atomic E-state index is -1.85. The molecule has 0 unspecified atom stereocenters. The number of furan rings is 1. The Hall–Kier alpha value is -4.61. The van der Waals surface area contributed by atoms with Crippen LogP contribution in [0.1, 0.15) is 60.0 Å². The quantitative estimate of drug-likeness (QED) is 0.118. The molecule has 0 amide bonds. The Labute approximate surface area is 358 Å². The number of rotatable bonds is 7. The number of nitrogens with zero attached hydrogens (tertiary/aromatic N) is 2. The summed E-state index contributed by atoms with van der Waals surface area (Å²) < 4.78 is 25.6. The van der Waals surface area contributed by atoms with Crippen LogP contribution in [-0.2, 0) is 26.5 Å². The molecule has 0 aliphatic carbocycles. The van der Waals surface area contributed by atoms with Crippen molar-refractivity contribution in [1.82, 2.24) is 9.97 Å². The van der Waals surface area contributed by atoms with E-state index in [2.05, 4.69) is 140 Å². The third kappa shape index (κ3) is 9.58. The SMILES string of the molecule is Cc1cc(-c2[c-]ccc(-c3ccccc3)c2)nc[c]1[Ge]([CH3])([CH3])[CH3].[2H]C([2H])(c1ccnc(-c2[c-]ccc3c2oc2c(-c4ccccc4)c(C(C)C)ccc23)c1)C(C)(C)C.[Ir]. The molecule has 0 atom stereocenters. The molecule has 291 valence electrons. The molecule has 1 radical (unpaired) electrons. The summed E-state index contributed by atoms with van der Waals surface area (Å²) in [6.07, 6.45) is 2.25. The van der Waals surface area contributed by atoms with Gasteiger partial charge in [0.15, 0.2) is 0 Å². The zero-order chi connectivity index (χ0) is 41.4. The molecule has 3 heterocycles. The van der Waals surface area contributed by atoms with Crippen molar-refractivity contribution in [2.75, 3.05) is 0 Å². The van der Waals surface area contributed by atoms with Crippen molar-refractivity contribution < 1.29 is 27.3 Å². The van der Waals surface area contributed by atoms with Crippen LogP contribution in [0.3, 0.4) is 0 Å². The molecule has 57 heavy (non-hydrogen) atoms. The molecular weight excluding hydrogens is 933 g/mol. The van der Waals surface area contributed by atoms with E-state index >= 15 is 0 Å². The van der Waals surface area contributed by atoms with Gasteiger partial charge >= 0.3 is 142 Å². The van der Waals surface area contributed by atoms with Gasteiger partial charge in [0.05, 0.1) is 5.58 Å². The zero-order valence-electron chi connectivity index (χ0n) is 36.4. The third-order valence-electron chi connectivity index (χ3n) is 9.96. The molecule has 0 bridgehead atoms. The molecule has 0 saturated carbocycles. The fourth-order valence-electron chi connectivity index (χ4n) is 7.39. The summed E-state index contributed by atoms with van der Waals surface area (Å²) in [6.45, 7) is 12.4. The summed E-state index contributed by atoms with van der Waals surface area (Å²) >= 11 is -1.85. The average molecular weight is 988 g/mol. The summed E-state index contributed by atoms with van der Waals surface area (Å²) in [5, 5.41) is 2.06. The number of hydrogen-bond donors (Lipinski definition) is 0. The van der Waals surface area contributed by atoms with Crippen LogP contribution in [0.4, 0.5) is 0 Å². The number of benzene rings is 5. The van der Waals surface area contributed by atoms with Gasteiger partial charge in [0, 0.05) is 40.0 Å². The largest absolute Gasteiger partial charge is 0.500 e. The fourth-order valence-corrected chi connectivity index (χ4v) is 11.0. The molecule has 0 N–H and O–H groups in total. The van der Waals surface area contributed by atoms with Gasteiger partial charge in [0.2, 0.25) is 0 Å². The molecule has 8 rings (SSSR count). The second-order valence-electron chi connectivity index (χ2n) is 16.9. The Kier molecular flexibility index (Phi) is 12.0. The minimum Gasteiger partial charge on any atom is -0.500 e. The molecule has 0 spiro atoms. The van der Waals surface area contributed by atoms with E-state index in [1.165, 1.54) is 26.6 Å². The molecule has 0 fully saturated rings. The van der Waals surface area contributed by atoms with Crippen molar-refractivity contribution in [2.45, 2.75) is 71.1 Å². The molecule has 5 aromatic carbocycles. The Morgan fingerprint density at radius 2 is 1.39 bits per heavy atom. The maximum Gasteiger partial charge on any atom is 0.129 e. The van der Waals surface area contributed by atoms with E-state index in [-0.39, 0.29) is 20.1 Å². The van der Waals surface area contributed by atoms with Crippen molar-refractivity contribution in [1.29, 1.82) is 0 Å². The molecule has 3 aromatic heterocycles. The smallest absolute Gasteiger partial charge is 0.129 e. The number of hydrogen-bond acceptors (Lipinski definition) is 3. The van der Waals surface area contributed by atoms with Crippen molar-refractivity contribution in [2.24, 2.45) is 5.41 Å². The van der Waals surface area contributed by atoms with Crippen LogP contribution in [-0.4, -0.2) is 23.2 Å². The Morgan fingerprint density at radius 3 is 2.04 bits per heavy atom. The van der Waals surface area contributed by atoms with E-state index in [4.69, 9.17) is 12.1 Å². The summed E-state index contributed by atoms with van der Waals surface area (Å²) in [5.74, 6) is 7.57. The van der Waals surface area contributed by atoms with E-state index < -0.39 is 25.1 Å². The van der Waals surface area contributed by atoms with Gasteiger partial charge < -0.3 is 9.40 Å². The predicted octanol–water partition coefficient (Wildman–Crippen LogP) is 13.9. The van der Waals surface area contributed by atoms with Gasteiger partial charge in [-0.05, 0) is 40.6 Å². The van der Waals surface area contributed by atoms with Crippen LogP contribution < -0.4 is 4.40 Å². The zero-order valence-corrected chi connectivity index (χ0v) is 38.9. The van der Waals surface area contributed by atoms with E-state index in [0.29, 0.717) is 17.2 Å². The Bertz CT molecular complexity index is 2710. The number of aromatic nitrogens is 2. The summed E-state index contributed by atoms with van der Waals surface area (Å²) in [7, 11) is 0. The maximum absolute atomic E-state index is 8.72. The van der Waals surface area contributed by atoms with Gasteiger partial charge in [-0.15, -0.1) is 18.2 Å². The van der Waals surface area contributed by atoms with Crippen LogP contribution in [0.25, 0.3) is 66.7 Å². The number of fused-ring (bicyclic) bond motifs is 3. The van der Waals surface area contributed by atoms with E-state index in [0.717, 1.165) is 49.9 Å². The van der Waals surface area contributed by atoms with Crippen molar-refractivity contribution in [3.05, 3.63) is 163 Å². The predicted molar refractivity (Wildman–Crippen MR) is 240 cm³/mol. The summed E-state index contributed by atoms with van der Waals surface area (Å²) in [5.41, 5.74) is 12.4. The average Bonchev–Trinajstić information content (AvgIpc) is 3.59. The summed E-state index contributed by atoms with van der Waals surface area (Å²) in [6, 6.07) is 47.9. The standard InChI is InChI=1S/C31H30NO.C21H22GeN.Ir/c1-20(2)23-14-15-25-24-12-9-13-26(27-18-21(16-17-32-27)19-31(3,4)5)29(24)33-30(25)28(23)22-10-7-6-8-11-22;1-16-13-21(23-15-20(16)22(2,3)4)19-12-8-11-18(14-19)17-9-6-5-7-10-17;/h6-12,14-18,20H,19H2,1-5H3;5-11,13-15H,1-4H3;/q2*-1;/i19D2;;. The van der Waals surface area contributed by atoms with E-state index in [9.17, 15) is 0 Å². The number of pyridine rings is 2. The fraction of sp³-hybridized carbons (Fsp3) is 0.231. The molecule has 0 aliphatic rings. The summed E-state index contributed by atoms with van der Waals surface area (Å²) in [4.78, 5) is 9.32. The topological polar surface area (TPSA) is 38.9 Å². The van der Waals surface area contributed by atoms with Gasteiger partial charge in [0.25, 0.3) is 0 Å².